The van der Waals surface area contributed by atoms with E-state index in [1.165, 1.54) is 11.8 Å². The highest BCUT2D eigenvalue weighted by Crippen LogP contribution is 2.30. The van der Waals surface area contributed by atoms with Gasteiger partial charge in [0.2, 0.25) is 5.91 Å². The summed E-state index contributed by atoms with van der Waals surface area (Å²) in [4.78, 5) is 28.9. The number of benzene rings is 1. The fourth-order valence-corrected chi connectivity index (χ4v) is 4.35. The average Bonchev–Trinajstić information content (AvgIpc) is 3.34. The van der Waals surface area contributed by atoms with Crippen LogP contribution >= 0.6 is 0 Å². The number of anilines is 2. The van der Waals surface area contributed by atoms with Crippen molar-refractivity contribution in [2.45, 2.75) is 18.8 Å². The van der Waals surface area contributed by atoms with E-state index in [0.717, 1.165) is 24.3 Å². The molecule has 164 valence electrons. The molecule has 8 nitrogen and oxygen atoms in total. The normalized spacial score (nSPS) is 17.1. The minimum Gasteiger partial charge on any atom is -0.459 e. The molecule has 1 N–H and O–H groups in total. The molecule has 8 heteroatoms. The van der Waals surface area contributed by atoms with Gasteiger partial charge in [-0.05, 0) is 60.7 Å². The predicted octanol–water partition coefficient (Wildman–Crippen LogP) is 3.16. The first-order valence-corrected chi connectivity index (χ1v) is 10.9. The van der Waals surface area contributed by atoms with Crippen LogP contribution in [0.15, 0.2) is 65.4 Å². The molecule has 2 amide bonds. The average molecular weight is 431 g/mol. The Morgan fingerprint density at radius 2 is 1.78 bits per heavy atom. The lowest BCUT2D eigenvalue weighted by molar-refractivity contribution is -0.120. The molecule has 0 radical (unpaired) electrons. The Hall–Kier alpha value is -3.68. The minimum absolute atomic E-state index is 0.0302. The first-order chi connectivity index (χ1) is 15.7. The lowest BCUT2D eigenvalue weighted by atomic mass is 9.89. The Labute approximate surface area is 186 Å². The van der Waals surface area contributed by atoms with Crippen LogP contribution in [0, 0.1) is 5.92 Å². The van der Waals surface area contributed by atoms with Crippen LogP contribution in [0.4, 0.5) is 11.5 Å². The Morgan fingerprint density at radius 3 is 2.44 bits per heavy atom. The van der Waals surface area contributed by atoms with E-state index in [-0.39, 0.29) is 17.7 Å². The van der Waals surface area contributed by atoms with Gasteiger partial charge in [0.05, 0.1) is 12.2 Å². The van der Waals surface area contributed by atoms with Gasteiger partial charge in [-0.15, -0.1) is 5.10 Å². The van der Waals surface area contributed by atoms with E-state index >= 15 is 0 Å². The van der Waals surface area contributed by atoms with Gasteiger partial charge in [-0.1, -0.05) is 12.1 Å². The van der Waals surface area contributed by atoms with E-state index in [1.807, 2.05) is 34.1 Å². The quantitative estimate of drug-likeness (QED) is 0.667. The molecule has 32 heavy (non-hydrogen) atoms. The summed E-state index contributed by atoms with van der Waals surface area (Å²) in [7, 11) is 0. The maximum Gasteiger partial charge on any atom is 0.289 e. The van der Waals surface area contributed by atoms with Crippen LogP contribution in [0.3, 0.4) is 0 Å². The number of hydrogen-bond donors (Lipinski definition) is 1. The van der Waals surface area contributed by atoms with Crippen molar-refractivity contribution < 1.29 is 14.0 Å². The smallest absolute Gasteiger partial charge is 0.289 e. The van der Waals surface area contributed by atoms with Crippen molar-refractivity contribution in [3.8, 4) is 0 Å². The molecule has 3 aromatic rings. The molecule has 5 rings (SSSR count). The molecule has 2 aliphatic rings. The number of carbonyl (C=O) groups excluding carboxylic acids is 2. The Bertz CT molecular complexity index is 1050. The van der Waals surface area contributed by atoms with E-state index in [4.69, 9.17) is 4.42 Å². The molecule has 2 aromatic heterocycles. The fourth-order valence-electron chi connectivity index (χ4n) is 4.35. The number of likely N-dealkylation sites (tertiary alicyclic amines) is 1. The molecule has 0 bridgehead atoms. The Balaban J connectivity index is 1.10. The third-order valence-corrected chi connectivity index (χ3v) is 6.30. The number of rotatable bonds is 5. The van der Waals surface area contributed by atoms with Gasteiger partial charge >= 0.3 is 0 Å². The topological polar surface area (TPSA) is 91.6 Å². The second-order valence-electron chi connectivity index (χ2n) is 8.34. The second kappa shape index (κ2) is 8.82. The van der Waals surface area contributed by atoms with Crippen LogP contribution in [0.5, 0.6) is 0 Å². The monoisotopic (exact) mass is 431 g/mol. The predicted molar refractivity (Wildman–Crippen MR) is 119 cm³/mol. The fraction of sp³-hybridized carbons (Fsp3) is 0.333. The van der Waals surface area contributed by atoms with Crippen LogP contribution in [0.1, 0.15) is 34.9 Å². The molecule has 0 atom stereocenters. The van der Waals surface area contributed by atoms with Crippen LogP contribution in [0.2, 0.25) is 0 Å². The van der Waals surface area contributed by atoms with Gasteiger partial charge in [-0.2, -0.15) is 5.10 Å². The number of nitrogens with one attached hydrogen (secondary N) is 1. The van der Waals surface area contributed by atoms with Crippen LogP contribution in [-0.2, 0) is 4.79 Å². The third kappa shape index (κ3) is 4.21. The lowest BCUT2D eigenvalue weighted by Crippen LogP contribution is -2.52. The van der Waals surface area contributed by atoms with Gasteiger partial charge in [0, 0.05) is 38.1 Å². The van der Waals surface area contributed by atoms with E-state index in [2.05, 4.69) is 27.6 Å². The number of carbonyl (C=O) groups is 2. The molecule has 0 spiro atoms. The van der Waals surface area contributed by atoms with E-state index in [9.17, 15) is 9.59 Å². The van der Waals surface area contributed by atoms with Crippen LogP contribution in [-0.4, -0.2) is 53.1 Å². The zero-order valence-electron chi connectivity index (χ0n) is 17.7. The van der Waals surface area contributed by atoms with Crippen molar-refractivity contribution in [1.82, 2.24) is 15.1 Å². The van der Waals surface area contributed by atoms with Crippen molar-refractivity contribution in [3.63, 3.8) is 0 Å². The summed E-state index contributed by atoms with van der Waals surface area (Å²) in [6, 6.07) is 15.3. The van der Waals surface area contributed by atoms with E-state index in [1.54, 1.807) is 18.3 Å². The van der Waals surface area contributed by atoms with Crippen molar-refractivity contribution in [2.24, 2.45) is 5.92 Å². The number of furan rings is 1. The van der Waals surface area contributed by atoms with Crippen LogP contribution in [0.25, 0.3) is 0 Å². The molecule has 4 heterocycles. The van der Waals surface area contributed by atoms with E-state index < -0.39 is 0 Å². The number of amides is 2. The summed E-state index contributed by atoms with van der Waals surface area (Å²) < 4.78 is 5.23. The number of hydrogen-bond acceptors (Lipinski definition) is 6. The molecule has 0 unspecified atom stereocenters. The summed E-state index contributed by atoms with van der Waals surface area (Å²) in [5, 5.41) is 11.0. The molecule has 1 aromatic carbocycles. The SMILES string of the molecule is O=C(Nc1ccc(C2CCN(C(=O)c3ccco3)CC2)cc1)C1CN(c2cccnn2)C1. The molecule has 0 aliphatic carbocycles. The molecular weight excluding hydrogens is 406 g/mol. The number of piperidine rings is 1. The highest BCUT2D eigenvalue weighted by Gasteiger charge is 2.33. The first-order valence-electron chi connectivity index (χ1n) is 10.9. The van der Waals surface area contributed by atoms with Crippen molar-refractivity contribution >= 4 is 23.3 Å². The summed E-state index contributed by atoms with van der Waals surface area (Å²) in [6.45, 7) is 2.73. The summed E-state index contributed by atoms with van der Waals surface area (Å²) in [5.41, 5.74) is 2.05. The Kier molecular flexibility index (Phi) is 5.58. The number of nitrogens with zero attached hydrogens (tertiary/aromatic N) is 4. The van der Waals surface area contributed by atoms with E-state index in [0.29, 0.717) is 37.9 Å². The summed E-state index contributed by atoms with van der Waals surface area (Å²) >= 11 is 0. The molecule has 2 aliphatic heterocycles. The highest BCUT2D eigenvalue weighted by molar-refractivity contribution is 5.94. The maximum atomic E-state index is 12.5. The Morgan fingerprint density at radius 1 is 1.00 bits per heavy atom. The highest BCUT2D eigenvalue weighted by atomic mass is 16.3. The zero-order valence-corrected chi connectivity index (χ0v) is 17.7. The largest absolute Gasteiger partial charge is 0.459 e. The first kappa shape index (κ1) is 20.2. The lowest BCUT2D eigenvalue weighted by Gasteiger charge is -2.38. The summed E-state index contributed by atoms with van der Waals surface area (Å²) in [6.07, 6.45) is 5.00. The minimum atomic E-state index is -0.0484. The van der Waals surface area contributed by atoms with Gasteiger partial charge in [0.15, 0.2) is 11.6 Å². The maximum absolute atomic E-state index is 12.5. The van der Waals surface area contributed by atoms with Crippen LogP contribution < -0.4 is 10.2 Å². The van der Waals surface area contributed by atoms with Gasteiger partial charge in [0.1, 0.15) is 0 Å². The second-order valence-corrected chi connectivity index (χ2v) is 8.34. The van der Waals surface area contributed by atoms with Gasteiger partial charge in [-0.3, -0.25) is 9.59 Å². The summed E-state index contributed by atoms with van der Waals surface area (Å²) in [5.74, 6) is 1.55. The van der Waals surface area contributed by atoms with Gasteiger partial charge < -0.3 is 19.5 Å². The molecular formula is C24H25N5O3. The van der Waals surface area contributed by atoms with Crippen molar-refractivity contribution in [2.75, 3.05) is 36.4 Å². The van der Waals surface area contributed by atoms with Gasteiger partial charge in [-0.25, -0.2) is 0 Å². The molecule has 2 saturated heterocycles. The molecule has 2 fully saturated rings. The standard InChI is InChI=1S/C24H25N5O3/c30-23(19-15-29(16-19)22-4-1-11-25-27-22)26-20-7-5-17(6-8-20)18-9-12-28(13-10-18)24(31)21-3-2-14-32-21/h1-8,11,14,18-19H,9-10,12-13,15-16H2,(H,26,30). The molecule has 0 saturated carbocycles. The van der Waals surface area contributed by atoms with Gasteiger partial charge in [0.25, 0.3) is 5.91 Å². The third-order valence-electron chi connectivity index (χ3n) is 6.30. The van der Waals surface area contributed by atoms with Crippen molar-refractivity contribution in [3.05, 3.63) is 72.3 Å². The number of aromatic nitrogens is 2. The zero-order chi connectivity index (χ0) is 21.9. The van der Waals surface area contributed by atoms with Crippen molar-refractivity contribution in [1.29, 1.82) is 0 Å².